The highest BCUT2D eigenvalue weighted by atomic mass is 35.5. The fraction of sp³-hybridized carbons (Fsp3) is 0.579. The average Bonchev–Trinajstić information content (AvgIpc) is 3.04. The molecule has 4 rings (SSSR count). The SMILES string of the molecule is Cc1ncc2c(n1)[C@]1(C)CCCN(C(=O)CCc3cc(Cl)no3)C1CC2. The molecule has 6 nitrogen and oxygen atoms in total. The number of carbonyl (C=O) groups is 1. The van der Waals surface area contributed by atoms with Gasteiger partial charge in [0, 0.05) is 43.1 Å². The van der Waals surface area contributed by atoms with Crippen LogP contribution in [0.1, 0.15) is 55.4 Å². The molecule has 3 heterocycles. The van der Waals surface area contributed by atoms with Crippen molar-refractivity contribution in [3.63, 3.8) is 0 Å². The molecule has 138 valence electrons. The molecule has 0 aromatic carbocycles. The number of fused-ring (bicyclic) bond motifs is 3. The number of piperidine rings is 1. The number of halogens is 1. The normalized spacial score (nSPS) is 24.9. The first-order valence-electron chi connectivity index (χ1n) is 9.21. The van der Waals surface area contributed by atoms with Crippen molar-refractivity contribution in [3.05, 3.63) is 40.3 Å². The summed E-state index contributed by atoms with van der Waals surface area (Å²) in [5.41, 5.74) is 2.28. The van der Waals surface area contributed by atoms with Crippen molar-refractivity contribution in [2.75, 3.05) is 6.54 Å². The van der Waals surface area contributed by atoms with Crippen molar-refractivity contribution < 1.29 is 9.32 Å². The zero-order valence-electron chi connectivity index (χ0n) is 15.2. The van der Waals surface area contributed by atoms with Gasteiger partial charge >= 0.3 is 0 Å². The quantitative estimate of drug-likeness (QED) is 0.824. The summed E-state index contributed by atoms with van der Waals surface area (Å²) in [6.07, 6.45) is 6.85. The Bertz CT molecular complexity index is 837. The van der Waals surface area contributed by atoms with Crippen LogP contribution < -0.4 is 0 Å². The van der Waals surface area contributed by atoms with Crippen LogP contribution in [0.25, 0.3) is 0 Å². The lowest BCUT2D eigenvalue weighted by atomic mass is 9.65. The van der Waals surface area contributed by atoms with Gasteiger partial charge in [-0.3, -0.25) is 4.79 Å². The van der Waals surface area contributed by atoms with Gasteiger partial charge in [0.05, 0.1) is 5.69 Å². The first-order chi connectivity index (χ1) is 12.5. The Kier molecular flexibility index (Phi) is 4.47. The van der Waals surface area contributed by atoms with Gasteiger partial charge in [-0.05, 0) is 38.2 Å². The Labute approximate surface area is 157 Å². The van der Waals surface area contributed by atoms with E-state index in [0.29, 0.717) is 23.8 Å². The Morgan fingerprint density at radius 2 is 2.35 bits per heavy atom. The van der Waals surface area contributed by atoms with Crippen LogP contribution in [0.2, 0.25) is 5.15 Å². The number of carbonyl (C=O) groups excluding carboxylic acids is 1. The van der Waals surface area contributed by atoms with E-state index in [1.54, 1.807) is 6.07 Å². The van der Waals surface area contributed by atoms with Gasteiger partial charge in [0.25, 0.3) is 0 Å². The van der Waals surface area contributed by atoms with E-state index in [1.165, 1.54) is 5.56 Å². The summed E-state index contributed by atoms with van der Waals surface area (Å²) in [6, 6.07) is 1.87. The molecule has 26 heavy (non-hydrogen) atoms. The van der Waals surface area contributed by atoms with Gasteiger partial charge in [-0.15, -0.1) is 0 Å². The number of amides is 1. The fourth-order valence-corrected chi connectivity index (χ4v) is 4.73. The maximum atomic E-state index is 13.0. The Morgan fingerprint density at radius 1 is 1.50 bits per heavy atom. The van der Waals surface area contributed by atoms with Crippen LogP contribution in [-0.4, -0.2) is 38.5 Å². The number of nitrogens with zero attached hydrogens (tertiary/aromatic N) is 4. The summed E-state index contributed by atoms with van der Waals surface area (Å²) in [5.74, 6) is 1.62. The molecular weight excluding hydrogens is 352 g/mol. The smallest absolute Gasteiger partial charge is 0.223 e. The first kappa shape index (κ1) is 17.5. The average molecular weight is 375 g/mol. The second-order valence-corrected chi connectivity index (χ2v) is 7.96. The number of aryl methyl sites for hydroxylation is 3. The molecule has 2 atom stereocenters. The zero-order chi connectivity index (χ0) is 18.3. The fourth-order valence-electron chi connectivity index (χ4n) is 4.58. The van der Waals surface area contributed by atoms with Crippen LogP contribution in [0.5, 0.6) is 0 Å². The molecule has 0 spiro atoms. The minimum absolute atomic E-state index is 0.0925. The van der Waals surface area contributed by atoms with Crippen LogP contribution in [-0.2, 0) is 23.1 Å². The number of rotatable bonds is 3. The van der Waals surface area contributed by atoms with E-state index in [-0.39, 0.29) is 17.4 Å². The summed E-state index contributed by atoms with van der Waals surface area (Å²) in [5, 5.41) is 4.00. The van der Waals surface area contributed by atoms with E-state index < -0.39 is 0 Å². The summed E-state index contributed by atoms with van der Waals surface area (Å²) >= 11 is 5.78. The van der Waals surface area contributed by atoms with E-state index in [1.807, 2.05) is 13.1 Å². The number of hydrogen-bond donors (Lipinski definition) is 0. The van der Waals surface area contributed by atoms with Crippen molar-refractivity contribution >= 4 is 17.5 Å². The Hall–Kier alpha value is -1.95. The third kappa shape index (κ3) is 3.00. The van der Waals surface area contributed by atoms with Gasteiger partial charge in [0.2, 0.25) is 5.91 Å². The molecule has 1 aliphatic heterocycles. The molecule has 2 aliphatic rings. The standard InChI is InChI=1S/C19H23ClN4O2/c1-12-21-11-13-4-6-15-19(2,18(13)22-12)8-3-9-24(15)17(25)7-5-14-10-16(20)23-26-14/h10-11,15H,3-9H2,1-2H3/t15?,19-/m1/s1. The van der Waals surface area contributed by atoms with Crippen LogP contribution >= 0.6 is 11.6 Å². The summed E-state index contributed by atoms with van der Waals surface area (Å²) in [4.78, 5) is 24.2. The van der Waals surface area contributed by atoms with Crippen molar-refractivity contribution in [1.82, 2.24) is 20.0 Å². The lowest BCUT2D eigenvalue weighted by Crippen LogP contribution is -2.58. The van der Waals surface area contributed by atoms with Crippen molar-refractivity contribution in [2.45, 2.75) is 63.8 Å². The summed E-state index contributed by atoms with van der Waals surface area (Å²) in [6.45, 7) is 5.01. The molecule has 7 heteroatoms. The minimum Gasteiger partial charge on any atom is -0.360 e. The molecule has 1 aliphatic carbocycles. The van der Waals surface area contributed by atoms with Gasteiger partial charge in [0.15, 0.2) is 5.15 Å². The third-order valence-electron chi connectivity index (χ3n) is 5.86. The monoisotopic (exact) mass is 374 g/mol. The second kappa shape index (κ2) is 6.65. The predicted molar refractivity (Wildman–Crippen MR) is 97.0 cm³/mol. The number of likely N-dealkylation sites (tertiary alicyclic amines) is 1. The Morgan fingerprint density at radius 3 is 3.12 bits per heavy atom. The minimum atomic E-state index is -0.0925. The molecule has 0 bridgehead atoms. The zero-order valence-corrected chi connectivity index (χ0v) is 15.9. The van der Waals surface area contributed by atoms with Crippen molar-refractivity contribution in [3.8, 4) is 0 Å². The molecule has 0 saturated carbocycles. The van der Waals surface area contributed by atoms with Crippen molar-refractivity contribution in [1.29, 1.82) is 0 Å². The molecule has 1 fully saturated rings. The van der Waals surface area contributed by atoms with E-state index in [9.17, 15) is 4.79 Å². The highest BCUT2D eigenvalue weighted by molar-refractivity contribution is 6.29. The second-order valence-electron chi connectivity index (χ2n) is 7.57. The maximum Gasteiger partial charge on any atom is 0.223 e. The van der Waals surface area contributed by atoms with Crippen LogP contribution in [0.15, 0.2) is 16.8 Å². The summed E-state index contributed by atoms with van der Waals surface area (Å²) < 4.78 is 5.12. The van der Waals surface area contributed by atoms with Gasteiger partial charge in [-0.25, -0.2) is 9.97 Å². The molecule has 2 aromatic rings. The van der Waals surface area contributed by atoms with Gasteiger partial charge in [0.1, 0.15) is 11.6 Å². The number of hydrogen-bond acceptors (Lipinski definition) is 5. The largest absolute Gasteiger partial charge is 0.360 e. The molecule has 2 aromatic heterocycles. The Balaban J connectivity index is 1.54. The van der Waals surface area contributed by atoms with Crippen molar-refractivity contribution in [2.24, 2.45) is 0 Å². The van der Waals surface area contributed by atoms with E-state index in [2.05, 4.69) is 22.0 Å². The van der Waals surface area contributed by atoms with Gasteiger partial charge in [-0.2, -0.15) is 0 Å². The highest BCUT2D eigenvalue weighted by Crippen LogP contribution is 2.44. The lowest BCUT2D eigenvalue weighted by molar-refractivity contribution is -0.137. The van der Waals surface area contributed by atoms with Gasteiger partial charge < -0.3 is 9.42 Å². The molecule has 1 amide bonds. The number of aromatic nitrogens is 3. The topological polar surface area (TPSA) is 72.1 Å². The van der Waals surface area contributed by atoms with E-state index >= 15 is 0 Å². The summed E-state index contributed by atoms with van der Waals surface area (Å²) in [7, 11) is 0. The molecular formula is C19H23ClN4O2. The van der Waals surface area contributed by atoms with Gasteiger partial charge in [-0.1, -0.05) is 23.7 Å². The van der Waals surface area contributed by atoms with E-state index in [0.717, 1.165) is 43.7 Å². The van der Waals surface area contributed by atoms with Crippen LogP contribution in [0, 0.1) is 6.92 Å². The third-order valence-corrected chi connectivity index (χ3v) is 6.03. The van der Waals surface area contributed by atoms with Crippen LogP contribution in [0.3, 0.4) is 0 Å². The lowest BCUT2D eigenvalue weighted by Gasteiger charge is -2.51. The molecule has 0 radical (unpaired) electrons. The predicted octanol–water partition coefficient (Wildman–Crippen LogP) is 3.25. The van der Waals surface area contributed by atoms with E-state index in [4.69, 9.17) is 21.1 Å². The first-order valence-corrected chi connectivity index (χ1v) is 9.59. The van der Waals surface area contributed by atoms with Crippen LogP contribution in [0.4, 0.5) is 0 Å². The molecule has 1 unspecified atom stereocenters. The highest BCUT2D eigenvalue weighted by Gasteiger charge is 2.48. The maximum absolute atomic E-state index is 13.0. The molecule has 0 N–H and O–H groups in total. The molecule has 1 saturated heterocycles.